The van der Waals surface area contributed by atoms with E-state index in [1.807, 2.05) is 0 Å². The number of aldehydes is 2. The maximum Gasteiger partial charge on any atom is 0.332 e. The lowest BCUT2D eigenvalue weighted by Crippen LogP contribution is -2.06. The molecule has 1 aromatic carbocycles. The molecule has 126 valence electrons. The van der Waals surface area contributed by atoms with E-state index >= 15 is 0 Å². The second kappa shape index (κ2) is 8.57. The van der Waals surface area contributed by atoms with Gasteiger partial charge in [-0.05, 0) is 24.0 Å². The number of allylic oxidation sites excluding steroid dienone is 2. The molecule has 0 aliphatic carbocycles. The molecule has 0 spiro atoms. The molecule has 6 heteroatoms. The Morgan fingerprint density at radius 2 is 1.08 bits per heavy atom. The van der Waals surface area contributed by atoms with Crippen molar-refractivity contribution in [1.29, 1.82) is 0 Å². The Balaban J connectivity index is 3.45. The predicted octanol–water partition coefficient (Wildman–Crippen LogP) is 2.58. The zero-order chi connectivity index (χ0) is 18.3. The van der Waals surface area contributed by atoms with E-state index in [0.29, 0.717) is 23.7 Å². The van der Waals surface area contributed by atoms with Crippen LogP contribution in [-0.4, -0.2) is 34.7 Å². The van der Waals surface area contributed by atoms with E-state index in [-0.39, 0.29) is 35.1 Å². The smallest absolute Gasteiger partial charge is 0.332 e. The van der Waals surface area contributed by atoms with Crippen molar-refractivity contribution in [3.63, 3.8) is 0 Å². The van der Waals surface area contributed by atoms with Crippen LogP contribution in [0.25, 0.3) is 11.1 Å². The van der Waals surface area contributed by atoms with E-state index in [2.05, 4.69) is 0 Å². The molecule has 0 atom stereocenters. The maximum absolute atomic E-state index is 11.3. The molecule has 0 saturated carbocycles. The summed E-state index contributed by atoms with van der Waals surface area (Å²) in [7, 11) is 0. The molecule has 0 radical (unpaired) electrons. The Hall–Kier alpha value is -3.02. The third-order valence-corrected chi connectivity index (χ3v) is 3.62. The van der Waals surface area contributed by atoms with Gasteiger partial charge in [-0.25, -0.2) is 9.59 Å². The summed E-state index contributed by atoms with van der Waals surface area (Å²) in [6.45, 7) is 3.27. The third kappa shape index (κ3) is 4.04. The maximum atomic E-state index is 11.3. The Kier molecular flexibility index (Phi) is 6.79. The Labute approximate surface area is 139 Å². The number of hydrogen-bond donors (Lipinski definition) is 2. The van der Waals surface area contributed by atoms with Gasteiger partial charge in [0, 0.05) is 22.3 Å². The van der Waals surface area contributed by atoms with Gasteiger partial charge in [-0.1, -0.05) is 38.1 Å². The summed E-state index contributed by atoms with van der Waals surface area (Å²) in [5.74, 6) is -2.34. The number of carboxylic acids is 2. The number of hydrogen-bond acceptors (Lipinski definition) is 4. The van der Waals surface area contributed by atoms with Gasteiger partial charge in [0.1, 0.15) is 0 Å². The fraction of sp³-hybridized carbons (Fsp3) is 0.222. The second-order valence-corrected chi connectivity index (χ2v) is 4.91. The first-order valence-corrected chi connectivity index (χ1v) is 7.35. The minimum absolute atomic E-state index is 0.0105. The quantitative estimate of drug-likeness (QED) is 0.560. The molecule has 0 bridgehead atoms. The van der Waals surface area contributed by atoms with Crippen molar-refractivity contribution >= 4 is 35.7 Å². The van der Waals surface area contributed by atoms with Crippen molar-refractivity contribution in [2.24, 2.45) is 0 Å². The molecular formula is C18H18O6. The SMILES string of the molecule is CCC(C(=O)O)=C(C=O)c1ccc(C(C=O)=C(CC)C(=O)O)cc1. The molecule has 0 unspecified atom stereocenters. The van der Waals surface area contributed by atoms with E-state index in [1.54, 1.807) is 13.8 Å². The van der Waals surface area contributed by atoms with E-state index in [1.165, 1.54) is 24.3 Å². The number of carboxylic acid groups (broad SMARTS) is 2. The molecule has 0 aromatic heterocycles. The molecular weight excluding hydrogens is 312 g/mol. The third-order valence-electron chi connectivity index (χ3n) is 3.62. The van der Waals surface area contributed by atoms with Crippen LogP contribution in [0.4, 0.5) is 0 Å². The summed E-state index contributed by atoms with van der Waals surface area (Å²) in [6.07, 6.45) is 1.33. The first-order valence-electron chi connectivity index (χ1n) is 7.35. The fourth-order valence-corrected chi connectivity index (χ4v) is 2.37. The first-order chi connectivity index (χ1) is 11.4. The molecule has 1 aromatic rings. The molecule has 2 N–H and O–H groups in total. The zero-order valence-corrected chi connectivity index (χ0v) is 13.4. The van der Waals surface area contributed by atoms with Gasteiger partial charge < -0.3 is 10.2 Å². The summed E-state index contributed by atoms with van der Waals surface area (Å²) in [4.78, 5) is 44.9. The summed E-state index contributed by atoms with van der Waals surface area (Å²) < 4.78 is 0. The van der Waals surface area contributed by atoms with Crippen molar-refractivity contribution in [3.8, 4) is 0 Å². The Bertz CT molecular complexity index is 659. The van der Waals surface area contributed by atoms with Crippen LogP contribution >= 0.6 is 0 Å². The van der Waals surface area contributed by atoms with Gasteiger partial charge in [0.05, 0.1) is 0 Å². The minimum Gasteiger partial charge on any atom is -0.478 e. The topological polar surface area (TPSA) is 109 Å². The fourth-order valence-electron chi connectivity index (χ4n) is 2.37. The molecule has 0 aliphatic rings. The zero-order valence-electron chi connectivity index (χ0n) is 13.4. The molecule has 0 saturated heterocycles. The van der Waals surface area contributed by atoms with Gasteiger partial charge in [0.2, 0.25) is 0 Å². The average Bonchev–Trinajstić information content (AvgIpc) is 2.56. The largest absolute Gasteiger partial charge is 0.478 e. The van der Waals surface area contributed by atoms with E-state index in [0.717, 1.165) is 0 Å². The van der Waals surface area contributed by atoms with E-state index in [4.69, 9.17) is 10.2 Å². The van der Waals surface area contributed by atoms with Gasteiger partial charge in [0.25, 0.3) is 0 Å². The van der Waals surface area contributed by atoms with E-state index in [9.17, 15) is 19.2 Å². The molecule has 0 heterocycles. The van der Waals surface area contributed by atoms with Crippen LogP contribution in [0.2, 0.25) is 0 Å². The minimum atomic E-state index is -1.17. The lowest BCUT2D eigenvalue weighted by molar-refractivity contribution is -0.133. The number of benzene rings is 1. The van der Waals surface area contributed by atoms with Crippen molar-refractivity contribution in [2.75, 3.05) is 0 Å². The molecule has 0 amide bonds. The van der Waals surface area contributed by atoms with Crippen molar-refractivity contribution in [2.45, 2.75) is 26.7 Å². The number of carbonyl (C=O) groups is 4. The van der Waals surface area contributed by atoms with Crippen LogP contribution < -0.4 is 0 Å². The summed E-state index contributed by atoms with van der Waals surface area (Å²) >= 11 is 0. The normalized spacial score (nSPS) is 12.8. The summed E-state index contributed by atoms with van der Waals surface area (Å²) in [5.41, 5.74) is 0.884. The Morgan fingerprint density at radius 3 is 1.25 bits per heavy atom. The van der Waals surface area contributed by atoms with Crippen LogP contribution in [0, 0.1) is 0 Å². The monoisotopic (exact) mass is 330 g/mol. The van der Waals surface area contributed by atoms with Crippen LogP contribution in [0.5, 0.6) is 0 Å². The highest BCUT2D eigenvalue weighted by molar-refractivity contribution is 6.17. The van der Waals surface area contributed by atoms with Crippen molar-refractivity contribution in [3.05, 3.63) is 46.5 Å². The van der Waals surface area contributed by atoms with Gasteiger partial charge >= 0.3 is 11.9 Å². The first kappa shape index (κ1) is 19.0. The molecule has 0 aliphatic heterocycles. The van der Waals surface area contributed by atoms with Gasteiger partial charge in [0.15, 0.2) is 12.6 Å². The molecule has 0 fully saturated rings. The lowest BCUT2D eigenvalue weighted by atomic mass is 9.95. The van der Waals surface area contributed by atoms with Gasteiger partial charge in [-0.15, -0.1) is 0 Å². The van der Waals surface area contributed by atoms with Crippen molar-refractivity contribution < 1.29 is 29.4 Å². The Morgan fingerprint density at radius 1 is 0.792 bits per heavy atom. The average molecular weight is 330 g/mol. The summed E-state index contributed by atoms with van der Waals surface area (Å²) in [6, 6.07) is 5.99. The highest BCUT2D eigenvalue weighted by atomic mass is 16.4. The number of carbonyl (C=O) groups excluding carboxylic acids is 2. The van der Waals surface area contributed by atoms with Gasteiger partial charge in [-0.3, -0.25) is 9.59 Å². The standard InChI is InChI=1S/C18H18O6/c1-3-13(17(21)22)15(9-19)11-5-7-12(8-6-11)16(10-20)14(4-2)18(23)24/h5-10H,3-4H2,1-2H3,(H,21,22)(H,23,24). The molecule has 6 nitrogen and oxygen atoms in total. The lowest BCUT2D eigenvalue weighted by Gasteiger charge is -2.09. The number of rotatable bonds is 8. The highest BCUT2D eigenvalue weighted by Gasteiger charge is 2.16. The molecule has 1 rings (SSSR count). The van der Waals surface area contributed by atoms with Crippen LogP contribution in [0.3, 0.4) is 0 Å². The predicted molar refractivity (Wildman–Crippen MR) is 88.3 cm³/mol. The van der Waals surface area contributed by atoms with Gasteiger partial charge in [-0.2, -0.15) is 0 Å². The van der Waals surface area contributed by atoms with Crippen LogP contribution in [-0.2, 0) is 19.2 Å². The van der Waals surface area contributed by atoms with Crippen LogP contribution in [0.1, 0.15) is 37.8 Å². The highest BCUT2D eigenvalue weighted by Crippen LogP contribution is 2.24. The molecule has 24 heavy (non-hydrogen) atoms. The summed E-state index contributed by atoms with van der Waals surface area (Å²) in [5, 5.41) is 18.3. The van der Waals surface area contributed by atoms with E-state index < -0.39 is 11.9 Å². The second-order valence-electron chi connectivity index (χ2n) is 4.91. The van der Waals surface area contributed by atoms with Crippen molar-refractivity contribution in [1.82, 2.24) is 0 Å². The van der Waals surface area contributed by atoms with Crippen LogP contribution in [0.15, 0.2) is 35.4 Å². The number of aliphatic carboxylic acids is 2.